The van der Waals surface area contributed by atoms with Crippen LogP contribution in [-0.4, -0.2) is 42.8 Å². The molecule has 6 nitrogen and oxygen atoms in total. The molecule has 23 heavy (non-hydrogen) atoms. The van der Waals surface area contributed by atoms with Gasteiger partial charge in [0.15, 0.2) is 11.5 Å². The molecular weight excluding hydrogens is 318 g/mol. The lowest BCUT2D eigenvalue weighted by atomic mass is 10.1. The van der Waals surface area contributed by atoms with Crippen molar-refractivity contribution in [3.05, 3.63) is 23.8 Å². The van der Waals surface area contributed by atoms with Crippen molar-refractivity contribution < 1.29 is 24.2 Å². The Labute approximate surface area is 139 Å². The molecule has 126 valence electrons. The van der Waals surface area contributed by atoms with Crippen LogP contribution in [-0.2, 0) is 9.59 Å². The second kappa shape index (κ2) is 7.12. The lowest BCUT2D eigenvalue weighted by Crippen LogP contribution is -2.50. The molecule has 1 heterocycles. The molecule has 2 atom stereocenters. The van der Waals surface area contributed by atoms with Gasteiger partial charge in [-0.1, -0.05) is 19.9 Å². The zero-order valence-corrected chi connectivity index (χ0v) is 14.4. The molecule has 0 unspecified atom stereocenters. The van der Waals surface area contributed by atoms with Crippen molar-refractivity contribution >= 4 is 23.6 Å². The lowest BCUT2D eigenvalue weighted by molar-refractivity contribution is -0.310. The van der Waals surface area contributed by atoms with E-state index in [-0.39, 0.29) is 17.2 Å². The minimum Gasteiger partial charge on any atom is -0.548 e. The summed E-state index contributed by atoms with van der Waals surface area (Å²) in [5.74, 6) is -0.298. The number of hydrogen-bond donors (Lipinski definition) is 0. The Balaban J connectivity index is 2.40. The van der Waals surface area contributed by atoms with E-state index < -0.39 is 12.0 Å². The summed E-state index contributed by atoms with van der Waals surface area (Å²) in [6, 6.07) is 4.42. The molecule has 0 spiro atoms. The number of rotatable bonds is 5. The van der Waals surface area contributed by atoms with Gasteiger partial charge in [0.25, 0.3) is 0 Å². The van der Waals surface area contributed by atoms with Crippen LogP contribution in [0.15, 0.2) is 18.2 Å². The van der Waals surface area contributed by atoms with Crippen LogP contribution in [0, 0.1) is 5.92 Å². The molecule has 0 saturated carbocycles. The molecule has 0 radical (unpaired) electrons. The van der Waals surface area contributed by atoms with E-state index in [0.29, 0.717) is 17.3 Å². The summed E-state index contributed by atoms with van der Waals surface area (Å²) in [6.07, 6.45) is 0. The first kappa shape index (κ1) is 17.5. The van der Waals surface area contributed by atoms with Crippen LogP contribution < -0.4 is 14.6 Å². The standard InChI is InChI=1S/C16H21NO5S/c1-9(2)14(18)17-11(16(19)20)8-23-15(17)10-5-6-12(21-3)13(7-10)22-4/h5-7,9,11,15H,8H2,1-4H3,(H,19,20)/p-1/t11-,15+/m0/s1. The third kappa shape index (κ3) is 3.39. The Kier molecular flexibility index (Phi) is 5.41. The SMILES string of the molecule is COc1ccc([C@H]2SC[C@@H](C(=O)[O-])N2C(=O)C(C)C)cc1OC. The highest BCUT2D eigenvalue weighted by molar-refractivity contribution is 7.99. The first-order valence-corrected chi connectivity index (χ1v) is 8.32. The summed E-state index contributed by atoms with van der Waals surface area (Å²) < 4.78 is 10.5. The Morgan fingerprint density at radius 3 is 2.43 bits per heavy atom. The van der Waals surface area contributed by atoms with E-state index in [1.54, 1.807) is 33.1 Å². The van der Waals surface area contributed by atoms with Crippen molar-refractivity contribution in [2.75, 3.05) is 20.0 Å². The maximum Gasteiger partial charge on any atom is 0.226 e. The van der Waals surface area contributed by atoms with Gasteiger partial charge in [-0.25, -0.2) is 0 Å². The van der Waals surface area contributed by atoms with Crippen LogP contribution in [0.4, 0.5) is 0 Å². The van der Waals surface area contributed by atoms with Gasteiger partial charge in [0.2, 0.25) is 5.91 Å². The molecule has 1 aromatic rings. The molecule has 0 aliphatic carbocycles. The number of thioether (sulfide) groups is 1. The van der Waals surface area contributed by atoms with Crippen molar-refractivity contribution in [2.24, 2.45) is 5.92 Å². The van der Waals surface area contributed by atoms with E-state index in [0.717, 1.165) is 5.56 Å². The van der Waals surface area contributed by atoms with Crippen LogP contribution in [0.3, 0.4) is 0 Å². The summed E-state index contributed by atoms with van der Waals surface area (Å²) in [5, 5.41) is 11.0. The van der Waals surface area contributed by atoms with Gasteiger partial charge in [-0.3, -0.25) is 4.79 Å². The molecule has 1 aromatic carbocycles. The Morgan fingerprint density at radius 2 is 1.91 bits per heavy atom. The number of carboxylic acids is 1. The maximum absolute atomic E-state index is 12.5. The van der Waals surface area contributed by atoms with Crippen LogP contribution in [0.5, 0.6) is 11.5 Å². The highest BCUT2D eigenvalue weighted by atomic mass is 32.2. The number of nitrogens with zero attached hydrogens (tertiary/aromatic N) is 1. The van der Waals surface area contributed by atoms with E-state index in [9.17, 15) is 14.7 Å². The zero-order chi connectivity index (χ0) is 17.1. The van der Waals surface area contributed by atoms with E-state index in [4.69, 9.17) is 9.47 Å². The van der Waals surface area contributed by atoms with Gasteiger partial charge in [0.1, 0.15) is 5.37 Å². The quantitative estimate of drug-likeness (QED) is 0.798. The number of ether oxygens (including phenoxy) is 2. The average molecular weight is 338 g/mol. The molecule has 1 saturated heterocycles. The number of carboxylic acid groups (broad SMARTS) is 1. The number of aliphatic carboxylic acids is 1. The largest absolute Gasteiger partial charge is 0.548 e. The normalized spacial score (nSPS) is 20.7. The van der Waals surface area contributed by atoms with Gasteiger partial charge < -0.3 is 24.3 Å². The Hall–Kier alpha value is -1.89. The molecular formula is C16H20NO5S-. The van der Waals surface area contributed by atoms with Gasteiger partial charge in [-0.15, -0.1) is 11.8 Å². The average Bonchev–Trinajstić information content (AvgIpc) is 2.98. The fraction of sp³-hybridized carbons (Fsp3) is 0.500. The number of benzene rings is 1. The highest BCUT2D eigenvalue weighted by Crippen LogP contribution is 2.44. The third-order valence-corrected chi connectivity index (χ3v) is 5.04. The molecule has 7 heteroatoms. The van der Waals surface area contributed by atoms with E-state index in [1.807, 2.05) is 6.07 Å². The fourth-order valence-corrected chi connectivity index (χ4v) is 3.93. The summed E-state index contributed by atoms with van der Waals surface area (Å²) >= 11 is 1.41. The van der Waals surface area contributed by atoms with E-state index in [1.165, 1.54) is 23.8 Å². The van der Waals surface area contributed by atoms with Gasteiger partial charge in [-0.2, -0.15) is 0 Å². The lowest BCUT2D eigenvalue weighted by Gasteiger charge is -2.31. The molecule has 1 aliphatic heterocycles. The monoisotopic (exact) mass is 338 g/mol. The van der Waals surface area contributed by atoms with Gasteiger partial charge in [0, 0.05) is 11.7 Å². The predicted octanol–water partition coefficient (Wildman–Crippen LogP) is 1.05. The van der Waals surface area contributed by atoms with Crippen molar-refractivity contribution in [3.63, 3.8) is 0 Å². The minimum absolute atomic E-state index is 0.205. The van der Waals surface area contributed by atoms with Gasteiger partial charge in [0.05, 0.1) is 26.2 Å². The second-order valence-electron chi connectivity index (χ2n) is 5.54. The topological polar surface area (TPSA) is 78.9 Å². The van der Waals surface area contributed by atoms with Crippen molar-refractivity contribution in [1.29, 1.82) is 0 Å². The van der Waals surface area contributed by atoms with Crippen LogP contribution in [0.1, 0.15) is 24.8 Å². The molecule has 0 N–H and O–H groups in total. The summed E-state index contributed by atoms with van der Waals surface area (Å²) in [7, 11) is 3.08. The smallest absolute Gasteiger partial charge is 0.226 e. The van der Waals surface area contributed by atoms with Crippen LogP contribution in [0.25, 0.3) is 0 Å². The summed E-state index contributed by atoms with van der Waals surface area (Å²) in [6.45, 7) is 3.51. The van der Waals surface area contributed by atoms with E-state index >= 15 is 0 Å². The first-order valence-electron chi connectivity index (χ1n) is 7.27. The summed E-state index contributed by atoms with van der Waals surface area (Å²) in [4.78, 5) is 25.3. The Bertz CT molecular complexity index is 604. The number of carbonyl (C=O) groups is 2. The van der Waals surface area contributed by atoms with Crippen molar-refractivity contribution in [3.8, 4) is 11.5 Å². The fourth-order valence-electron chi connectivity index (χ4n) is 2.52. The van der Waals surface area contributed by atoms with Gasteiger partial charge in [-0.05, 0) is 17.7 Å². The Morgan fingerprint density at radius 1 is 1.26 bits per heavy atom. The molecule has 1 amide bonds. The number of methoxy groups -OCH3 is 2. The molecule has 1 fully saturated rings. The predicted molar refractivity (Wildman–Crippen MR) is 85.2 cm³/mol. The van der Waals surface area contributed by atoms with E-state index in [2.05, 4.69) is 0 Å². The molecule has 0 aromatic heterocycles. The van der Waals surface area contributed by atoms with Gasteiger partial charge >= 0.3 is 0 Å². The number of amides is 1. The third-order valence-electron chi connectivity index (χ3n) is 3.71. The van der Waals surface area contributed by atoms with Crippen LogP contribution >= 0.6 is 11.8 Å². The number of hydrogen-bond acceptors (Lipinski definition) is 6. The maximum atomic E-state index is 12.5. The number of carbonyl (C=O) groups excluding carboxylic acids is 2. The zero-order valence-electron chi connectivity index (χ0n) is 13.6. The highest BCUT2D eigenvalue weighted by Gasteiger charge is 2.40. The summed E-state index contributed by atoms with van der Waals surface area (Å²) in [5.41, 5.74) is 0.797. The van der Waals surface area contributed by atoms with Crippen molar-refractivity contribution in [1.82, 2.24) is 4.90 Å². The second-order valence-corrected chi connectivity index (χ2v) is 6.65. The molecule has 0 bridgehead atoms. The van der Waals surface area contributed by atoms with Crippen LogP contribution in [0.2, 0.25) is 0 Å². The first-order chi connectivity index (χ1) is 10.9. The van der Waals surface area contributed by atoms with Crippen molar-refractivity contribution in [2.45, 2.75) is 25.3 Å². The molecule has 2 rings (SSSR count). The minimum atomic E-state index is -1.23. The molecule has 1 aliphatic rings.